The van der Waals surface area contributed by atoms with Crippen LogP contribution < -0.4 is 5.32 Å². The topological polar surface area (TPSA) is 58.1 Å². The zero-order valence-corrected chi connectivity index (χ0v) is 15.1. The Hall–Kier alpha value is -2.43. The van der Waals surface area contributed by atoms with Crippen molar-refractivity contribution in [2.24, 2.45) is 0 Å². The van der Waals surface area contributed by atoms with Gasteiger partial charge in [0.05, 0.1) is 0 Å². The molecule has 0 aliphatic heterocycles. The molecule has 1 amide bonds. The van der Waals surface area contributed by atoms with Crippen molar-refractivity contribution >= 4 is 11.9 Å². The van der Waals surface area contributed by atoms with E-state index in [4.69, 9.17) is 0 Å². The normalized spacial score (nSPS) is 11.0. The van der Waals surface area contributed by atoms with Crippen LogP contribution in [0, 0.1) is 6.92 Å². The summed E-state index contributed by atoms with van der Waals surface area (Å²) in [6.07, 6.45) is 0. The molecule has 24 heavy (non-hydrogen) atoms. The Labute approximate surface area is 144 Å². The van der Waals surface area contributed by atoms with E-state index in [1.54, 1.807) is 6.07 Å². The lowest BCUT2D eigenvalue weighted by molar-refractivity contribution is 0.0684. The van der Waals surface area contributed by atoms with Crippen molar-refractivity contribution in [1.82, 2.24) is 14.9 Å². The minimum Gasteiger partial charge on any atom is -0.352 e. The summed E-state index contributed by atoms with van der Waals surface area (Å²) < 4.78 is 0. The number of hydrogen-bond donors (Lipinski definition) is 1. The molecule has 1 heterocycles. The van der Waals surface area contributed by atoms with Gasteiger partial charge in [0.1, 0.15) is 5.69 Å². The van der Waals surface area contributed by atoms with E-state index in [1.807, 2.05) is 69.9 Å². The highest BCUT2D eigenvalue weighted by molar-refractivity contribution is 5.92. The molecule has 128 valence electrons. The van der Waals surface area contributed by atoms with Crippen LogP contribution in [0.4, 0.5) is 5.95 Å². The van der Waals surface area contributed by atoms with Gasteiger partial charge in [-0.2, -0.15) is 0 Å². The van der Waals surface area contributed by atoms with Crippen molar-refractivity contribution in [3.63, 3.8) is 0 Å². The number of benzene rings is 1. The third kappa shape index (κ3) is 4.78. The molecule has 1 N–H and O–H groups in total. The van der Waals surface area contributed by atoms with Crippen LogP contribution in [0.3, 0.4) is 0 Å². The molecular weight excluding hydrogens is 300 g/mol. The molecule has 0 saturated carbocycles. The number of rotatable bonds is 6. The summed E-state index contributed by atoms with van der Waals surface area (Å²) in [5, 5.41) is 3.17. The highest BCUT2D eigenvalue weighted by atomic mass is 16.2. The van der Waals surface area contributed by atoms with Gasteiger partial charge in [-0.05, 0) is 46.2 Å². The highest BCUT2D eigenvalue weighted by Crippen LogP contribution is 2.14. The highest BCUT2D eigenvalue weighted by Gasteiger charge is 2.21. The molecule has 2 rings (SSSR count). The minimum atomic E-state index is -0.0776. The summed E-state index contributed by atoms with van der Waals surface area (Å²) in [5.74, 6) is 0.419. The maximum atomic E-state index is 13.0. The van der Waals surface area contributed by atoms with Gasteiger partial charge in [-0.3, -0.25) is 4.79 Å². The van der Waals surface area contributed by atoms with Gasteiger partial charge < -0.3 is 10.2 Å². The molecule has 0 fully saturated rings. The van der Waals surface area contributed by atoms with E-state index in [2.05, 4.69) is 15.3 Å². The average molecular weight is 326 g/mol. The second-order valence-electron chi connectivity index (χ2n) is 6.53. The van der Waals surface area contributed by atoms with Crippen LogP contribution in [-0.4, -0.2) is 32.9 Å². The lowest BCUT2D eigenvalue weighted by Gasteiger charge is -2.27. The van der Waals surface area contributed by atoms with Gasteiger partial charge in [0.2, 0.25) is 5.95 Å². The van der Waals surface area contributed by atoms with Crippen LogP contribution in [-0.2, 0) is 6.54 Å². The van der Waals surface area contributed by atoms with Gasteiger partial charge in [-0.25, -0.2) is 9.97 Å². The number of nitrogens with zero attached hydrogens (tertiary/aromatic N) is 3. The maximum absolute atomic E-state index is 13.0. The summed E-state index contributed by atoms with van der Waals surface area (Å²) in [7, 11) is 0. The number of aromatic nitrogens is 2. The van der Waals surface area contributed by atoms with E-state index in [1.165, 1.54) is 0 Å². The third-order valence-electron chi connectivity index (χ3n) is 3.57. The zero-order chi connectivity index (χ0) is 17.7. The molecule has 0 bridgehead atoms. The number of nitrogens with one attached hydrogen (secondary N) is 1. The average Bonchev–Trinajstić information content (AvgIpc) is 2.51. The lowest BCUT2D eigenvalue weighted by atomic mass is 10.1. The predicted molar refractivity (Wildman–Crippen MR) is 97.0 cm³/mol. The van der Waals surface area contributed by atoms with E-state index in [0.29, 0.717) is 18.2 Å². The Morgan fingerprint density at radius 1 is 1.12 bits per heavy atom. The number of hydrogen-bond acceptors (Lipinski definition) is 4. The van der Waals surface area contributed by atoms with E-state index in [0.717, 1.165) is 11.3 Å². The zero-order valence-electron chi connectivity index (χ0n) is 15.1. The number of anilines is 1. The van der Waals surface area contributed by atoms with Gasteiger partial charge in [-0.15, -0.1) is 0 Å². The van der Waals surface area contributed by atoms with Crippen LogP contribution in [0.2, 0.25) is 0 Å². The molecule has 0 radical (unpaired) electrons. The molecular formula is C19H26N4O. The Balaban J connectivity index is 2.28. The summed E-state index contributed by atoms with van der Waals surface area (Å²) >= 11 is 0. The summed E-state index contributed by atoms with van der Waals surface area (Å²) in [5.41, 5.74) is 2.31. The molecule has 0 unspecified atom stereocenters. The van der Waals surface area contributed by atoms with Crippen molar-refractivity contribution in [3.05, 3.63) is 53.3 Å². The molecule has 0 saturated heterocycles. The molecule has 0 aliphatic rings. The van der Waals surface area contributed by atoms with E-state index in [-0.39, 0.29) is 18.0 Å². The quantitative estimate of drug-likeness (QED) is 0.880. The van der Waals surface area contributed by atoms with Crippen molar-refractivity contribution in [2.75, 3.05) is 5.32 Å². The van der Waals surface area contributed by atoms with Crippen LogP contribution in [0.25, 0.3) is 0 Å². The monoisotopic (exact) mass is 326 g/mol. The van der Waals surface area contributed by atoms with E-state index < -0.39 is 0 Å². The largest absolute Gasteiger partial charge is 0.352 e. The van der Waals surface area contributed by atoms with Gasteiger partial charge in [-0.1, -0.05) is 30.3 Å². The van der Waals surface area contributed by atoms with Crippen molar-refractivity contribution in [1.29, 1.82) is 0 Å². The molecule has 0 atom stereocenters. The van der Waals surface area contributed by atoms with Crippen LogP contribution in [0.1, 0.15) is 49.4 Å². The summed E-state index contributed by atoms with van der Waals surface area (Å²) in [6.45, 7) is 10.5. The number of carbonyl (C=O) groups excluding carboxylic acids is 1. The number of carbonyl (C=O) groups is 1. The van der Waals surface area contributed by atoms with Crippen molar-refractivity contribution in [2.45, 2.75) is 53.2 Å². The van der Waals surface area contributed by atoms with E-state index in [9.17, 15) is 4.79 Å². The molecule has 0 aliphatic carbocycles. The molecule has 1 aromatic heterocycles. The first-order chi connectivity index (χ1) is 11.4. The molecule has 5 nitrogen and oxygen atoms in total. The minimum absolute atomic E-state index is 0.0776. The first-order valence-electron chi connectivity index (χ1n) is 8.34. The Morgan fingerprint density at radius 3 is 2.38 bits per heavy atom. The number of amides is 1. The number of aryl methyl sites for hydroxylation is 1. The maximum Gasteiger partial charge on any atom is 0.273 e. The molecule has 5 heteroatoms. The summed E-state index contributed by atoms with van der Waals surface area (Å²) in [6, 6.07) is 12.0. The third-order valence-corrected chi connectivity index (χ3v) is 3.57. The SMILES string of the molecule is Cc1cc(C(=O)N(Cc2ccccc2)C(C)C)nc(NC(C)C)n1. The first kappa shape index (κ1) is 17.9. The fourth-order valence-corrected chi connectivity index (χ4v) is 2.42. The molecule has 0 spiro atoms. The predicted octanol–water partition coefficient (Wildman–Crippen LogP) is 3.66. The van der Waals surface area contributed by atoms with Crippen LogP contribution >= 0.6 is 0 Å². The Morgan fingerprint density at radius 2 is 1.79 bits per heavy atom. The summed E-state index contributed by atoms with van der Waals surface area (Å²) in [4.78, 5) is 23.6. The smallest absolute Gasteiger partial charge is 0.273 e. The fourth-order valence-electron chi connectivity index (χ4n) is 2.42. The van der Waals surface area contributed by atoms with Gasteiger partial charge in [0.15, 0.2) is 0 Å². The van der Waals surface area contributed by atoms with Crippen molar-refractivity contribution < 1.29 is 4.79 Å². The van der Waals surface area contributed by atoms with Gasteiger partial charge >= 0.3 is 0 Å². The first-order valence-corrected chi connectivity index (χ1v) is 8.34. The fraction of sp³-hybridized carbons (Fsp3) is 0.421. The van der Waals surface area contributed by atoms with Gasteiger partial charge in [0, 0.05) is 24.3 Å². The molecule has 2 aromatic rings. The van der Waals surface area contributed by atoms with Gasteiger partial charge in [0.25, 0.3) is 5.91 Å². The van der Waals surface area contributed by atoms with Crippen LogP contribution in [0.5, 0.6) is 0 Å². The van der Waals surface area contributed by atoms with Crippen molar-refractivity contribution in [3.8, 4) is 0 Å². The second-order valence-corrected chi connectivity index (χ2v) is 6.53. The lowest BCUT2D eigenvalue weighted by Crippen LogP contribution is -2.37. The molecule has 1 aromatic carbocycles. The Bertz CT molecular complexity index is 683. The Kier molecular flexibility index (Phi) is 5.90. The standard InChI is InChI=1S/C19H26N4O/c1-13(2)20-19-21-15(5)11-17(22-19)18(24)23(14(3)4)12-16-9-7-6-8-10-16/h6-11,13-14H,12H2,1-5H3,(H,20,21,22). The van der Waals surface area contributed by atoms with Crippen LogP contribution in [0.15, 0.2) is 36.4 Å². The second kappa shape index (κ2) is 7.90. The van der Waals surface area contributed by atoms with E-state index >= 15 is 0 Å².